The lowest BCUT2D eigenvalue weighted by molar-refractivity contribution is 0.0982. The van der Waals surface area contributed by atoms with Gasteiger partial charge < -0.3 is 30.5 Å². The van der Waals surface area contributed by atoms with Crippen LogP contribution in [0.4, 0.5) is 28.7 Å². The molecule has 2 aromatic carbocycles. The Morgan fingerprint density at radius 3 is 2.31 bits per heavy atom. The van der Waals surface area contributed by atoms with Crippen LogP contribution in [-0.2, 0) is 4.74 Å². The molecule has 0 radical (unpaired) electrons. The SMILES string of the molecule is CN1CCN(C2CCN(c3ccc(-c4ccnc(Nc5ccc(N6CCOCC6)cc5)n4)cc3N)CC2)CC1. The quantitative estimate of drug-likeness (QED) is 0.467. The summed E-state index contributed by atoms with van der Waals surface area (Å²) in [5.41, 5.74) is 12.5. The van der Waals surface area contributed by atoms with Crippen LogP contribution in [0.3, 0.4) is 0 Å². The van der Waals surface area contributed by atoms with Crippen LogP contribution in [-0.4, -0.2) is 98.4 Å². The number of nitrogens with one attached hydrogen (secondary N) is 1. The number of nitrogen functional groups attached to an aromatic ring is 1. The zero-order chi connectivity index (χ0) is 26.6. The number of anilines is 5. The van der Waals surface area contributed by atoms with Crippen LogP contribution in [0.25, 0.3) is 11.3 Å². The number of piperazine rings is 1. The van der Waals surface area contributed by atoms with Crippen molar-refractivity contribution in [1.29, 1.82) is 0 Å². The van der Waals surface area contributed by atoms with Crippen LogP contribution in [0, 0.1) is 0 Å². The third-order valence-corrected chi connectivity index (χ3v) is 8.34. The molecule has 0 spiro atoms. The molecule has 4 heterocycles. The topological polar surface area (TPSA) is 86.0 Å². The normalized spacial score (nSPS) is 19.8. The molecule has 0 aliphatic carbocycles. The van der Waals surface area contributed by atoms with Crippen molar-refractivity contribution in [3.05, 3.63) is 54.7 Å². The Kier molecular flexibility index (Phi) is 7.81. The van der Waals surface area contributed by atoms with Gasteiger partial charge in [-0.15, -0.1) is 0 Å². The number of hydrogen-bond donors (Lipinski definition) is 2. The number of nitrogens with two attached hydrogens (primary N) is 1. The minimum Gasteiger partial charge on any atom is -0.397 e. The molecule has 0 unspecified atom stereocenters. The van der Waals surface area contributed by atoms with E-state index >= 15 is 0 Å². The Balaban J connectivity index is 1.08. The molecule has 9 heteroatoms. The van der Waals surface area contributed by atoms with Gasteiger partial charge in [-0.2, -0.15) is 0 Å². The predicted octanol–water partition coefficient (Wildman–Crippen LogP) is 3.52. The van der Waals surface area contributed by atoms with E-state index in [0.29, 0.717) is 12.0 Å². The summed E-state index contributed by atoms with van der Waals surface area (Å²) in [6, 6.07) is 17.4. The number of nitrogens with zero attached hydrogens (tertiary/aromatic N) is 6. The third-order valence-electron chi connectivity index (χ3n) is 8.34. The van der Waals surface area contributed by atoms with Gasteiger partial charge in [-0.1, -0.05) is 6.07 Å². The molecule has 0 amide bonds. The zero-order valence-electron chi connectivity index (χ0n) is 22.9. The number of likely N-dealkylation sites (N-methyl/N-ethyl adjacent to an activating group) is 1. The molecule has 206 valence electrons. The number of benzene rings is 2. The molecular formula is C30H40N8O. The van der Waals surface area contributed by atoms with Crippen molar-refractivity contribution in [2.45, 2.75) is 18.9 Å². The third kappa shape index (κ3) is 6.11. The first-order valence-electron chi connectivity index (χ1n) is 14.2. The van der Waals surface area contributed by atoms with Crippen LogP contribution in [0.15, 0.2) is 54.7 Å². The second-order valence-corrected chi connectivity index (χ2v) is 10.9. The van der Waals surface area contributed by atoms with Crippen molar-refractivity contribution in [2.24, 2.45) is 0 Å². The summed E-state index contributed by atoms with van der Waals surface area (Å²) in [7, 11) is 2.22. The van der Waals surface area contributed by atoms with Gasteiger partial charge in [-0.25, -0.2) is 9.97 Å². The Labute approximate surface area is 231 Å². The van der Waals surface area contributed by atoms with Crippen molar-refractivity contribution >= 4 is 28.7 Å². The highest BCUT2D eigenvalue weighted by molar-refractivity contribution is 5.76. The van der Waals surface area contributed by atoms with Crippen molar-refractivity contribution in [3.63, 3.8) is 0 Å². The largest absolute Gasteiger partial charge is 0.397 e. The molecule has 3 fully saturated rings. The molecule has 39 heavy (non-hydrogen) atoms. The minimum absolute atomic E-state index is 0.570. The minimum atomic E-state index is 0.570. The number of morpholine rings is 1. The van der Waals surface area contributed by atoms with Crippen molar-refractivity contribution < 1.29 is 4.74 Å². The lowest BCUT2D eigenvalue weighted by Gasteiger charge is -2.42. The molecule has 3 N–H and O–H groups in total. The molecule has 3 saturated heterocycles. The zero-order valence-corrected chi connectivity index (χ0v) is 22.9. The van der Waals surface area contributed by atoms with Crippen molar-refractivity contribution in [2.75, 3.05) is 93.5 Å². The molecule has 6 rings (SSSR count). The van der Waals surface area contributed by atoms with Crippen LogP contribution >= 0.6 is 0 Å². The second kappa shape index (κ2) is 11.8. The van der Waals surface area contributed by atoms with Gasteiger partial charge in [0.05, 0.1) is 30.3 Å². The summed E-state index contributed by atoms with van der Waals surface area (Å²) in [5.74, 6) is 0.570. The van der Waals surface area contributed by atoms with Gasteiger partial charge in [-0.3, -0.25) is 4.90 Å². The number of piperidine rings is 1. The van der Waals surface area contributed by atoms with Gasteiger partial charge in [0.1, 0.15) is 0 Å². The first-order chi connectivity index (χ1) is 19.1. The maximum atomic E-state index is 6.59. The molecule has 0 saturated carbocycles. The molecule has 3 aliphatic rings. The van der Waals surface area contributed by atoms with Gasteiger partial charge in [0.2, 0.25) is 5.95 Å². The molecule has 9 nitrogen and oxygen atoms in total. The van der Waals surface area contributed by atoms with E-state index in [-0.39, 0.29) is 0 Å². The fourth-order valence-corrected chi connectivity index (χ4v) is 5.95. The van der Waals surface area contributed by atoms with Crippen LogP contribution in [0.5, 0.6) is 0 Å². The van der Waals surface area contributed by atoms with E-state index in [2.05, 4.69) is 73.3 Å². The van der Waals surface area contributed by atoms with Gasteiger partial charge in [0.25, 0.3) is 0 Å². The second-order valence-electron chi connectivity index (χ2n) is 10.9. The number of hydrogen-bond acceptors (Lipinski definition) is 9. The van der Waals surface area contributed by atoms with E-state index < -0.39 is 0 Å². The Morgan fingerprint density at radius 1 is 0.846 bits per heavy atom. The summed E-state index contributed by atoms with van der Waals surface area (Å²) in [6.07, 6.45) is 4.18. The Hall–Kier alpha value is -3.40. The molecular weight excluding hydrogens is 488 g/mol. The van der Waals surface area contributed by atoms with Gasteiger partial charge in [-0.05, 0) is 62.4 Å². The van der Waals surface area contributed by atoms with Gasteiger partial charge in [0, 0.05) is 81.5 Å². The summed E-state index contributed by atoms with van der Waals surface area (Å²) in [5, 5.41) is 3.34. The highest BCUT2D eigenvalue weighted by atomic mass is 16.5. The molecule has 0 atom stereocenters. The highest BCUT2D eigenvalue weighted by Crippen LogP contribution is 2.32. The van der Waals surface area contributed by atoms with Crippen LogP contribution < -0.4 is 20.9 Å². The van der Waals surface area contributed by atoms with E-state index in [0.717, 1.165) is 67.7 Å². The van der Waals surface area contributed by atoms with Gasteiger partial charge in [0.15, 0.2) is 0 Å². The summed E-state index contributed by atoms with van der Waals surface area (Å²) in [4.78, 5) is 19.1. The van der Waals surface area contributed by atoms with E-state index in [9.17, 15) is 0 Å². The Bertz CT molecular complexity index is 1230. The smallest absolute Gasteiger partial charge is 0.227 e. The lowest BCUT2D eigenvalue weighted by atomic mass is 10.0. The van der Waals surface area contributed by atoms with Crippen LogP contribution in [0.2, 0.25) is 0 Å². The van der Waals surface area contributed by atoms with Crippen LogP contribution in [0.1, 0.15) is 12.8 Å². The lowest BCUT2D eigenvalue weighted by Crippen LogP contribution is -2.52. The average molecular weight is 529 g/mol. The first-order valence-corrected chi connectivity index (χ1v) is 14.2. The first kappa shape index (κ1) is 25.9. The van der Waals surface area contributed by atoms with Crippen molar-refractivity contribution in [1.82, 2.24) is 19.8 Å². The molecule has 0 bridgehead atoms. The van der Waals surface area contributed by atoms with Gasteiger partial charge >= 0.3 is 0 Å². The maximum absolute atomic E-state index is 6.59. The van der Waals surface area contributed by atoms with E-state index in [4.69, 9.17) is 15.5 Å². The summed E-state index contributed by atoms with van der Waals surface area (Å²) in [6.45, 7) is 10.2. The number of rotatable bonds is 6. The van der Waals surface area contributed by atoms with E-state index in [1.54, 1.807) is 6.20 Å². The fraction of sp³-hybridized carbons (Fsp3) is 0.467. The number of aromatic nitrogens is 2. The number of ether oxygens (including phenoxy) is 1. The average Bonchev–Trinajstić information content (AvgIpc) is 2.99. The summed E-state index contributed by atoms with van der Waals surface area (Å²) < 4.78 is 5.46. The molecule has 3 aliphatic heterocycles. The van der Waals surface area contributed by atoms with E-state index in [1.165, 1.54) is 44.7 Å². The fourth-order valence-electron chi connectivity index (χ4n) is 5.95. The maximum Gasteiger partial charge on any atom is 0.227 e. The molecule has 3 aromatic rings. The predicted molar refractivity (Wildman–Crippen MR) is 159 cm³/mol. The standard InChI is InChI=1S/C30H40N8O/c1-35-14-16-36(17-15-35)26-9-12-38(13-10-26)29-7-2-23(22-27(29)31)28-8-11-32-30(34-28)33-24-3-5-25(6-4-24)37-18-20-39-21-19-37/h2-8,11,22,26H,9-10,12-21,31H2,1H3,(H,32,33,34). The van der Waals surface area contributed by atoms with Crippen molar-refractivity contribution in [3.8, 4) is 11.3 Å². The van der Waals surface area contributed by atoms with E-state index in [1.807, 2.05) is 12.1 Å². The Morgan fingerprint density at radius 2 is 1.59 bits per heavy atom. The molecule has 1 aromatic heterocycles. The monoisotopic (exact) mass is 528 g/mol. The summed E-state index contributed by atoms with van der Waals surface area (Å²) >= 11 is 0. The highest BCUT2D eigenvalue weighted by Gasteiger charge is 2.27.